The van der Waals surface area contributed by atoms with Gasteiger partial charge in [-0.25, -0.2) is 9.18 Å². The van der Waals surface area contributed by atoms with E-state index in [1.165, 1.54) is 18.2 Å². The first-order valence-corrected chi connectivity index (χ1v) is 8.50. The summed E-state index contributed by atoms with van der Waals surface area (Å²) < 4.78 is 30.4. The van der Waals surface area contributed by atoms with Crippen molar-refractivity contribution in [3.05, 3.63) is 54.4 Å². The Balaban J connectivity index is 2.37. The van der Waals surface area contributed by atoms with Crippen LogP contribution >= 0.6 is 0 Å². The molecule has 0 N–H and O–H groups in total. The summed E-state index contributed by atoms with van der Waals surface area (Å²) >= 11 is 0. The summed E-state index contributed by atoms with van der Waals surface area (Å²) in [5.41, 5.74) is 1.02. The van der Waals surface area contributed by atoms with E-state index < -0.39 is 17.8 Å². The Morgan fingerprint density at radius 2 is 1.63 bits per heavy atom. The monoisotopic (exact) mass is 372 g/mol. The Morgan fingerprint density at radius 3 is 2.19 bits per heavy atom. The largest absolute Gasteiger partial charge is 0.493 e. The lowest BCUT2D eigenvalue weighted by Crippen LogP contribution is -2.08. The number of carbonyl (C=O) groups is 2. The van der Waals surface area contributed by atoms with Gasteiger partial charge in [-0.3, -0.25) is 4.79 Å². The molecule has 0 aliphatic heterocycles. The number of hydrogen-bond donors (Lipinski definition) is 0. The molecule has 2 aromatic carbocycles. The maximum absolute atomic E-state index is 14.6. The van der Waals surface area contributed by atoms with Crippen molar-refractivity contribution in [3.8, 4) is 28.4 Å². The molecule has 0 aromatic heterocycles. The topological polar surface area (TPSA) is 61.8 Å². The van der Waals surface area contributed by atoms with E-state index in [0.29, 0.717) is 17.9 Å². The second kappa shape index (κ2) is 8.98. The van der Waals surface area contributed by atoms with E-state index in [-0.39, 0.29) is 29.1 Å². The van der Waals surface area contributed by atoms with Crippen LogP contribution in [0.2, 0.25) is 0 Å². The summed E-state index contributed by atoms with van der Waals surface area (Å²) in [7, 11) is 0. The average Bonchev–Trinajstić information content (AvgIpc) is 2.62. The SMILES string of the molecule is C=C(C)C(=O)Oc1ccc(-c2ccc(OC(=O)CC)cc2F)c(OCC)c1. The molecule has 2 aromatic rings. The van der Waals surface area contributed by atoms with Crippen LogP contribution in [0, 0.1) is 5.82 Å². The molecule has 5 nitrogen and oxygen atoms in total. The molecule has 0 radical (unpaired) electrons. The second-order valence-corrected chi connectivity index (χ2v) is 5.73. The number of halogens is 1. The van der Waals surface area contributed by atoms with E-state index in [2.05, 4.69) is 6.58 Å². The van der Waals surface area contributed by atoms with Gasteiger partial charge in [-0.15, -0.1) is 0 Å². The summed E-state index contributed by atoms with van der Waals surface area (Å²) in [6, 6.07) is 8.82. The number of hydrogen-bond acceptors (Lipinski definition) is 5. The molecule has 0 aliphatic carbocycles. The molecule has 2 rings (SSSR count). The highest BCUT2D eigenvalue weighted by atomic mass is 19.1. The lowest BCUT2D eigenvalue weighted by Gasteiger charge is -2.14. The molecule has 0 atom stereocenters. The smallest absolute Gasteiger partial charge is 0.338 e. The van der Waals surface area contributed by atoms with Crippen LogP contribution in [0.4, 0.5) is 4.39 Å². The maximum Gasteiger partial charge on any atom is 0.338 e. The van der Waals surface area contributed by atoms with Crippen LogP contribution < -0.4 is 14.2 Å². The standard InChI is InChI=1S/C21H21FO5/c1-5-20(23)26-14-7-9-16(18(22)11-14)17-10-8-15(12-19(17)25-6-2)27-21(24)13(3)4/h7-12H,3,5-6H2,1-2,4H3. The van der Waals surface area contributed by atoms with Gasteiger partial charge >= 0.3 is 11.9 Å². The zero-order valence-electron chi connectivity index (χ0n) is 15.5. The first-order valence-electron chi connectivity index (χ1n) is 8.50. The van der Waals surface area contributed by atoms with Crippen molar-refractivity contribution in [3.63, 3.8) is 0 Å². The number of esters is 2. The Bertz CT molecular complexity index is 873. The lowest BCUT2D eigenvalue weighted by molar-refractivity contribution is -0.134. The van der Waals surface area contributed by atoms with E-state index in [1.54, 1.807) is 32.9 Å². The van der Waals surface area contributed by atoms with Crippen LogP contribution in [0.15, 0.2) is 48.6 Å². The fourth-order valence-corrected chi connectivity index (χ4v) is 2.24. The molecule has 0 heterocycles. The highest BCUT2D eigenvalue weighted by molar-refractivity contribution is 5.89. The third-order valence-electron chi connectivity index (χ3n) is 3.56. The minimum absolute atomic E-state index is 0.132. The zero-order chi connectivity index (χ0) is 20.0. The van der Waals surface area contributed by atoms with Gasteiger partial charge in [-0.1, -0.05) is 13.5 Å². The molecule has 0 aliphatic rings. The van der Waals surface area contributed by atoms with Crippen LogP contribution in [0.25, 0.3) is 11.1 Å². The molecule has 0 unspecified atom stereocenters. The highest BCUT2D eigenvalue weighted by Crippen LogP contribution is 2.36. The third kappa shape index (κ3) is 5.17. The normalized spacial score (nSPS) is 10.2. The molecule has 0 amide bonds. The lowest BCUT2D eigenvalue weighted by atomic mass is 10.0. The predicted molar refractivity (Wildman–Crippen MR) is 99.4 cm³/mol. The molecule has 0 bridgehead atoms. The number of carbonyl (C=O) groups excluding carboxylic acids is 2. The summed E-state index contributed by atoms with van der Waals surface area (Å²) in [6.45, 7) is 8.87. The van der Waals surface area contributed by atoms with Crippen molar-refractivity contribution in [2.24, 2.45) is 0 Å². The minimum Gasteiger partial charge on any atom is -0.493 e. The van der Waals surface area contributed by atoms with E-state index in [4.69, 9.17) is 14.2 Å². The van der Waals surface area contributed by atoms with Gasteiger partial charge in [0.2, 0.25) is 0 Å². The minimum atomic E-state index is -0.566. The molecule has 0 spiro atoms. The second-order valence-electron chi connectivity index (χ2n) is 5.73. The molecule has 6 heteroatoms. The molecular weight excluding hydrogens is 351 g/mol. The zero-order valence-corrected chi connectivity index (χ0v) is 15.5. The Hall–Kier alpha value is -3.15. The summed E-state index contributed by atoms with van der Waals surface area (Å²) in [5.74, 6) is -0.803. The maximum atomic E-state index is 14.6. The Kier molecular flexibility index (Phi) is 6.71. The van der Waals surface area contributed by atoms with Crippen molar-refractivity contribution in [1.82, 2.24) is 0 Å². The number of ether oxygens (including phenoxy) is 3. The van der Waals surface area contributed by atoms with Gasteiger partial charge in [0.25, 0.3) is 0 Å². The van der Waals surface area contributed by atoms with Gasteiger partial charge in [0, 0.05) is 35.3 Å². The first kappa shape index (κ1) is 20.2. The van der Waals surface area contributed by atoms with Crippen molar-refractivity contribution in [2.45, 2.75) is 27.2 Å². The van der Waals surface area contributed by atoms with Gasteiger partial charge in [-0.05, 0) is 38.1 Å². The van der Waals surface area contributed by atoms with Gasteiger partial charge in [-0.2, -0.15) is 0 Å². The van der Waals surface area contributed by atoms with Gasteiger partial charge in [0.15, 0.2) is 0 Å². The third-order valence-corrected chi connectivity index (χ3v) is 3.56. The fraction of sp³-hybridized carbons (Fsp3) is 0.238. The fourth-order valence-electron chi connectivity index (χ4n) is 2.24. The highest BCUT2D eigenvalue weighted by Gasteiger charge is 2.15. The number of rotatable bonds is 7. The summed E-state index contributed by atoms with van der Waals surface area (Å²) in [4.78, 5) is 23.0. The van der Waals surface area contributed by atoms with Gasteiger partial charge in [0.05, 0.1) is 6.61 Å². The van der Waals surface area contributed by atoms with Crippen LogP contribution in [-0.2, 0) is 9.59 Å². The van der Waals surface area contributed by atoms with E-state index in [0.717, 1.165) is 6.07 Å². The van der Waals surface area contributed by atoms with E-state index in [1.807, 2.05) is 0 Å². The predicted octanol–water partition coefficient (Wildman–Crippen LogP) is 4.69. The Morgan fingerprint density at radius 1 is 1.00 bits per heavy atom. The van der Waals surface area contributed by atoms with Crippen LogP contribution in [0.1, 0.15) is 27.2 Å². The van der Waals surface area contributed by atoms with Crippen LogP contribution in [-0.4, -0.2) is 18.5 Å². The molecule has 0 fully saturated rings. The molecule has 27 heavy (non-hydrogen) atoms. The number of benzene rings is 2. The molecule has 0 saturated carbocycles. The quantitative estimate of drug-likeness (QED) is 0.401. The van der Waals surface area contributed by atoms with Crippen LogP contribution in [0.5, 0.6) is 17.2 Å². The molecular formula is C21H21FO5. The van der Waals surface area contributed by atoms with Crippen molar-refractivity contribution in [2.75, 3.05) is 6.61 Å². The van der Waals surface area contributed by atoms with Crippen molar-refractivity contribution < 1.29 is 28.2 Å². The van der Waals surface area contributed by atoms with Crippen LogP contribution in [0.3, 0.4) is 0 Å². The van der Waals surface area contributed by atoms with Crippen molar-refractivity contribution >= 4 is 11.9 Å². The summed E-state index contributed by atoms with van der Waals surface area (Å²) in [5, 5.41) is 0. The molecule has 0 saturated heterocycles. The van der Waals surface area contributed by atoms with Gasteiger partial charge < -0.3 is 14.2 Å². The first-order chi connectivity index (χ1) is 12.8. The van der Waals surface area contributed by atoms with E-state index >= 15 is 0 Å². The molecule has 142 valence electrons. The summed E-state index contributed by atoms with van der Waals surface area (Å²) in [6.07, 6.45) is 0.197. The van der Waals surface area contributed by atoms with E-state index in [9.17, 15) is 14.0 Å². The van der Waals surface area contributed by atoms with Crippen molar-refractivity contribution in [1.29, 1.82) is 0 Å². The van der Waals surface area contributed by atoms with Gasteiger partial charge in [0.1, 0.15) is 23.1 Å². The average molecular weight is 372 g/mol. The Labute approximate surface area is 157 Å².